The Hall–Kier alpha value is -2.04. The van der Waals surface area contributed by atoms with Gasteiger partial charge >= 0.3 is 0 Å². The molecule has 1 aromatic carbocycles. The number of unbranched alkanes of at least 4 members (excludes halogenated alkanes) is 41. The summed E-state index contributed by atoms with van der Waals surface area (Å²) in [5.74, 6) is 0.363. The Morgan fingerprint density at radius 1 is 0.349 bits per heavy atom. The SMILES string of the molecule is CCCCCCCCCCCCCCCCCCCNC(=O)c1ccc(C(=O)NCCCCCCCCCCCCCCCCCCC)c(OCCCCCCCCCCCC)c1. The molecule has 0 spiro atoms. The van der Waals surface area contributed by atoms with Crippen molar-refractivity contribution in [3.63, 3.8) is 0 Å². The van der Waals surface area contributed by atoms with E-state index in [-0.39, 0.29) is 11.8 Å². The number of nitrogens with one attached hydrogen (secondary N) is 2. The Bertz CT molecular complexity index is 1120. The lowest BCUT2D eigenvalue weighted by atomic mass is 10.0. The zero-order valence-electron chi connectivity index (χ0n) is 42.7. The third kappa shape index (κ3) is 38.9. The summed E-state index contributed by atoms with van der Waals surface area (Å²) in [6.07, 6.45) is 58.6. The number of carbonyl (C=O) groups excluding carboxylic acids is 2. The van der Waals surface area contributed by atoms with E-state index in [0.717, 1.165) is 38.5 Å². The van der Waals surface area contributed by atoms with Crippen LogP contribution in [0.15, 0.2) is 18.2 Å². The smallest absolute Gasteiger partial charge is 0.255 e. The fraction of sp³-hybridized carbons (Fsp3) is 0.862. The van der Waals surface area contributed by atoms with Crippen LogP contribution in [0, 0.1) is 0 Å². The van der Waals surface area contributed by atoms with Gasteiger partial charge in [0.05, 0.1) is 12.2 Å². The van der Waals surface area contributed by atoms with Crippen LogP contribution in [0.1, 0.15) is 324 Å². The van der Waals surface area contributed by atoms with Gasteiger partial charge in [-0.2, -0.15) is 0 Å². The molecule has 0 aromatic heterocycles. The molecule has 368 valence electrons. The minimum Gasteiger partial charge on any atom is -0.493 e. The maximum atomic E-state index is 13.4. The topological polar surface area (TPSA) is 67.4 Å². The zero-order chi connectivity index (χ0) is 45.4. The average Bonchev–Trinajstić information content (AvgIpc) is 3.29. The summed E-state index contributed by atoms with van der Waals surface area (Å²) >= 11 is 0. The molecule has 0 bridgehead atoms. The van der Waals surface area contributed by atoms with E-state index in [1.54, 1.807) is 18.2 Å². The molecule has 0 fully saturated rings. The van der Waals surface area contributed by atoms with Crippen molar-refractivity contribution in [3.05, 3.63) is 29.3 Å². The van der Waals surface area contributed by atoms with E-state index in [0.29, 0.717) is 36.6 Å². The van der Waals surface area contributed by atoms with Crippen molar-refractivity contribution in [1.29, 1.82) is 0 Å². The summed E-state index contributed by atoms with van der Waals surface area (Å²) in [6, 6.07) is 5.38. The maximum Gasteiger partial charge on any atom is 0.255 e. The Kier molecular flexibility index (Phi) is 44.8. The number of amides is 2. The summed E-state index contributed by atoms with van der Waals surface area (Å²) in [5, 5.41) is 6.28. The molecule has 0 aliphatic heterocycles. The summed E-state index contributed by atoms with van der Waals surface area (Å²) in [5.41, 5.74) is 1.11. The highest BCUT2D eigenvalue weighted by atomic mass is 16.5. The minimum absolute atomic E-state index is 0.0780. The van der Waals surface area contributed by atoms with Gasteiger partial charge < -0.3 is 15.4 Å². The molecule has 0 unspecified atom stereocenters. The van der Waals surface area contributed by atoms with Crippen LogP contribution in [0.4, 0.5) is 0 Å². The van der Waals surface area contributed by atoms with Crippen LogP contribution in [0.2, 0.25) is 0 Å². The number of ether oxygens (including phenoxy) is 1. The van der Waals surface area contributed by atoms with E-state index in [2.05, 4.69) is 31.4 Å². The lowest BCUT2D eigenvalue weighted by Gasteiger charge is -2.14. The molecule has 0 aliphatic rings. The molecule has 5 heteroatoms. The Labute approximate surface area is 393 Å². The number of benzene rings is 1. The fourth-order valence-corrected chi connectivity index (χ4v) is 9.04. The zero-order valence-corrected chi connectivity index (χ0v) is 42.7. The van der Waals surface area contributed by atoms with Crippen LogP contribution in [0.3, 0.4) is 0 Å². The molecule has 1 rings (SSSR count). The van der Waals surface area contributed by atoms with E-state index < -0.39 is 0 Å². The third-order valence-corrected chi connectivity index (χ3v) is 13.4. The normalized spacial score (nSPS) is 11.3. The molecular weight excluding hydrogens is 773 g/mol. The van der Waals surface area contributed by atoms with Gasteiger partial charge in [-0.1, -0.05) is 284 Å². The highest BCUT2D eigenvalue weighted by Gasteiger charge is 2.16. The molecule has 0 heterocycles. The quantitative estimate of drug-likeness (QED) is 0.0641. The highest BCUT2D eigenvalue weighted by Crippen LogP contribution is 2.23. The second-order valence-electron chi connectivity index (χ2n) is 19.6. The van der Waals surface area contributed by atoms with Crippen molar-refractivity contribution in [2.75, 3.05) is 19.7 Å². The molecular formula is C58H108N2O3. The van der Waals surface area contributed by atoms with Crippen molar-refractivity contribution >= 4 is 11.8 Å². The van der Waals surface area contributed by atoms with Gasteiger partial charge in [-0.3, -0.25) is 9.59 Å². The summed E-state index contributed by atoms with van der Waals surface area (Å²) in [6.45, 7) is 8.79. The van der Waals surface area contributed by atoms with E-state index in [1.165, 1.54) is 244 Å². The molecule has 0 radical (unpaired) electrons. The number of rotatable bonds is 50. The van der Waals surface area contributed by atoms with E-state index in [9.17, 15) is 9.59 Å². The maximum absolute atomic E-state index is 13.4. The van der Waals surface area contributed by atoms with Crippen LogP contribution in [0.5, 0.6) is 5.75 Å². The van der Waals surface area contributed by atoms with Gasteiger partial charge in [-0.25, -0.2) is 0 Å². The van der Waals surface area contributed by atoms with Crippen LogP contribution in [0.25, 0.3) is 0 Å². The van der Waals surface area contributed by atoms with Crippen LogP contribution < -0.4 is 15.4 Å². The molecule has 2 amide bonds. The Morgan fingerprint density at radius 3 is 0.937 bits per heavy atom. The third-order valence-electron chi connectivity index (χ3n) is 13.4. The highest BCUT2D eigenvalue weighted by molar-refractivity contribution is 6.00. The van der Waals surface area contributed by atoms with Crippen molar-refractivity contribution in [2.45, 2.75) is 303 Å². The summed E-state index contributed by atoms with van der Waals surface area (Å²) < 4.78 is 6.26. The lowest BCUT2D eigenvalue weighted by molar-refractivity contribution is 0.0937. The van der Waals surface area contributed by atoms with Crippen LogP contribution in [-0.2, 0) is 0 Å². The van der Waals surface area contributed by atoms with Gasteiger partial charge in [0.25, 0.3) is 11.8 Å². The molecule has 0 saturated heterocycles. The number of hydrogen-bond donors (Lipinski definition) is 2. The number of hydrogen-bond acceptors (Lipinski definition) is 3. The van der Waals surface area contributed by atoms with Crippen molar-refractivity contribution in [1.82, 2.24) is 10.6 Å². The molecule has 2 N–H and O–H groups in total. The van der Waals surface area contributed by atoms with Gasteiger partial charge in [0.15, 0.2) is 0 Å². The minimum atomic E-state index is -0.0972. The van der Waals surface area contributed by atoms with Crippen molar-refractivity contribution in [3.8, 4) is 5.75 Å². The Balaban J connectivity index is 2.33. The van der Waals surface area contributed by atoms with Crippen LogP contribution in [-0.4, -0.2) is 31.5 Å². The average molecular weight is 882 g/mol. The fourth-order valence-electron chi connectivity index (χ4n) is 9.04. The summed E-state index contributed by atoms with van der Waals surface area (Å²) in [4.78, 5) is 26.6. The molecule has 0 atom stereocenters. The first-order valence-electron chi connectivity index (χ1n) is 28.5. The second kappa shape index (κ2) is 47.9. The van der Waals surface area contributed by atoms with E-state index in [1.807, 2.05) is 0 Å². The van der Waals surface area contributed by atoms with Crippen molar-refractivity contribution < 1.29 is 14.3 Å². The summed E-state index contributed by atoms with van der Waals surface area (Å²) in [7, 11) is 0. The van der Waals surface area contributed by atoms with Gasteiger partial charge in [0, 0.05) is 18.7 Å². The van der Waals surface area contributed by atoms with Crippen molar-refractivity contribution in [2.24, 2.45) is 0 Å². The molecule has 5 nitrogen and oxygen atoms in total. The first kappa shape index (κ1) is 59.0. The van der Waals surface area contributed by atoms with Gasteiger partial charge in [0.2, 0.25) is 0 Å². The molecule has 63 heavy (non-hydrogen) atoms. The predicted octanol–water partition coefficient (Wildman–Crippen LogP) is 18.7. The predicted molar refractivity (Wildman–Crippen MR) is 277 cm³/mol. The van der Waals surface area contributed by atoms with Gasteiger partial charge in [-0.15, -0.1) is 0 Å². The van der Waals surface area contributed by atoms with Gasteiger partial charge in [-0.05, 0) is 37.5 Å². The molecule has 0 saturated carbocycles. The van der Waals surface area contributed by atoms with Gasteiger partial charge in [0.1, 0.15) is 5.75 Å². The first-order valence-corrected chi connectivity index (χ1v) is 28.5. The second-order valence-corrected chi connectivity index (χ2v) is 19.6. The number of carbonyl (C=O) groups is 2. The lowest BCUT2D eigenvalue weighted by Crippen LogP contribution is -2.26. The monoisotopic (exact) mass is 881 g/mol. The standard InChI is InChI=1S/C58H108N2O3/c1-4-7-10-13-16-19-22-24-26-28-30-32-34-36-39-42-45-50-59-57(61)54-48-49-55(56(53-54)63-52-47-44-41-38-21-18-15-12-9-6-3)58(62)60-51-46-43-40-37-35-33-31-29-27-25-23-20-17-14-11-8-5-2/h48-49,53H,4-47,50-52H2,1-3H3,(H,59,61)(H,60,62). The Morgan fingerprint density at radius 2 is 0.619 bits per heavy atom. The molecule has 1 aromatic rings. The van der Waals surface area contributed by atoms with E-state index in [4.69, 9.17) is 4.74 Å². The largest absolute Gasteiger partial charge is 0.493 e. The van der Waals surface area contributed by atoms with E-state index >= 15 is 0 Å². The first-order chi connectivity index (χ1) is 31.1. The van der Waals surface area contributed by atoms with Crippen LogP contribution >= 0.6 is 0 Å². The molecule has 0 aliphatic carbocycles.